The van der Waals surface area contributed by atoms with E-state index in [1.807, 2.05) is 72.2 Å². The molecule has 34 heavy (non-hydrogen) atoms. The van der Waals surface area contributed by atoms with Crippen LogP contribution in [0.4, 0.5) is 5.69 Å². The molecular formula is C27H28N4O3. The molecule has 1 amide bonds. The van der Waals surface area contributed by atoms with Crippen molar-refractivity contribution in [3.63, 3.8) is 0 Å². The van der Waals surface area contributed by atoms with Crippen LogP contribution in [0.2, 0.25) is 0 Å². The smallest absolute Gasteiger partial charge is 0.259 e. The summed E-state index contributed by atoms with van der Waals surface area (Å²) in [4.78, 5) is 20.1. The van der Waals surface area contributed by atoms with E-state index in [-0.39, 0.29) is 12.5 Å². The number of carbonyl (C=O) groups excluding carboxylic acids is 1. The maximum atomic E-state index is 13.1. The molecule has 1 saturated heterocycles. The summed E-state index contributed by atoms with van der Waals surface area (Å²) in [6.07, 6.45) is 3.92. The van der Waals surface area contributed by atoms with E-state index >= 15 is 0 Å². The monoisotopic (exact) mass is 456 g/mol. The molecule has 2 aromatic heterocycles. The molecule has 7 nitrogen and oxygen atoms in total. The highest BCUT2D eigenvalue weighted by atomic mass is 16.5. The number of ether oxygens (including phenoxy) is 2. The Bertz CT molecular complexity index is 1290. The number of hydrogen-bond acceptors (Lipinski definition) is 5. The molecule has 1 N–H and O–H groups in total. The molecule has 0 aliphatic carbocycles. The second-order valence-electron chi connectivity index (χ2n) is 8.48. The van der Waals surface area contributed by atoms with E-state index in [4.69, 9.17) is 9.47 Å². The lowest BCUT2D eigenvalue weighted by Crippen LogP contribution is -2.35. The SMILES string of the molecule is Cc1cccn2cc(COc3ccccc3C(=O)Nc3cccc(CN4CCOCC4)c3)nc12. The number of pyridine rings is 1. The van der Waals surface area contributed by atoms with Crippen molar-refractivity contribution in [3.8, 4) is 5.75 Å². The number of amides is 1. The van der Waals surface area contributed by atoms with Crippen LogP contribution in [-0.4, -0.2) is 46.5 Å². The van der Waals surface area contributed by atoms with Crippen molar-refractivity contribution >= 4 is 17.2 Å². The minimum absolute atomic E-state index is 0.204. The summed E-state index contributed by atoms with van der Waals surface area (Å²) in [6.45, 7) is 6.53. The van der Waals surface area contributed by atoms with Gasteiger partial charge in [0.2, 0.25) is 0 Å². The van der Waals surface area contributed by atoms with Crippen LogP contribution >= 0.6 is 0 Å². The van der Waals surface area contributed by atoms with E-state index in [1.54, 1.807) is 6.07 Å². The normalized spacial score (nSPS) is 14.3. The van der Waals surface area contributed by atoms with E-state index in [2.05, 4.69) is 21.3 Å². The first-order valence-corrected chi connectivity index (χ1v) is 11.5. The molecule has 2 aromatic carbocycles. The standard InChI is InChI=1S/C27H28N4O3/c1-20-6-5-11-31-18-23(28-26(20)31)19-34-25-10-3-2-9-24(25)27(32)29-22-8-4-7-21(16-22)17-30-12-14-33-15-13-30/h2-11,16,18H,12-15,17,19H2,1H3,(H,29,32). The predicted octanol–water partition coefficient (Wildman–Crippen LogP) is 4.31. The van der Waals surface area contributed by atoms with Gasteiger partial charge in [0.15, 0.2) is 0 Å². The number of anilines is 1. The molecule has 0 saturated carbocycles. The first kappa shape index (κ1) is 22.1. The van der Waals surface area contributed by atoms with Crippen LogP contribution in [0.1, 0.15) is 27.2 Å². The van der Waals surface area contributed by atoms with Gasteiger partial charge in [-0.25, -0.2) is 4.98 Å². The Kier molecular flexibility index (Phi) is 6.56. The third-order valence-corrected chi connectivity index (χ3v) is 5.93. The van der Waals surface area contributed by atoms with Gasteiger partial charge in [-0.1, -0.05) is 30.3 Å². The van der Waals surface area contributed by atoms with Gasteiger partial charge in [-0.15, -0.1) is 0 Å². The number of fused-ring (bicyclic) bond motifs is 1. The van der Waals surface area contributed by atoms with Gasteiger partial charge in [-0.2, -0.15) is 0 Å². The van der Waals surface area contributed by atoms with Crippen LogP contribution < -0.4 is 10.1 Å². The van der Waals surface area contributed by atoms with Crippen LogP contribution in [0.15, 0.2) is 73.1 Å². The Labute approximate surface area is 198 Å². The molecule has 1 aliphatic rings. The maximum absolute atomic E-state index is 13.1. The maximum Gasteiger partial charge on any atom is 0.259 e. The molecule has 0 unspecified atom stereocenters. The molecule has 1 aliphatic heterocycles. The Hall–Kier alpha value is -3.68. The summed E-state index contributed by atoms with van der Waals surface area (Å²) < 4.78 is 13.4. The van der Waals surface area contributed by atoms with Crippen molar-refractivity contribution in [2.45, 2.75) is 20.1 Å². The lowest BCUT2D eigenvalue weighted by atomic mass is 10.1. The van der Waals surface area contributed by atoms with Gasteiger partial charge in [0.05, 0.1) is 24.5 Å². The van der Waals surface area contributed by atoms with Gasteiger partial charge >= 0.3 is 0 Å². The van der Waals surface area contributed by atoms with E-state index in [0.29, 0.717) is 11.3 Å². The molecule has 5 rings (SSSR count). The number of hydrogen-bond donors (Lipinski definition) is 1. The quantitative estimate of drug-likeness (QED) is 0.449. The highest BCUT2D eigenvalue weighted by Gasteiger charge is 2.15. The second-order valence-corrected chi connectivity index (χ2v) is 8.48. The van der Waals surface area contributed by atoms with E-state index in [0.717, 1.165) is 61.0 Å². The van der Waals surface area contributed by atoms with Crippen LogP contribution in [0.5, 0.6) is 5.75 Å². The number of aromatic nitrogens is 2. The summed E-state index contributed by atoms with van der Waals surface area (Å²) in [5, 5.41) is 3.02. The molecule has 0 bridgehead atoms. The van der Waals surface area contributed by atoms with Gasteiger partial charge in [0, 0.05) is 37.7 Å². The molecule has 1 fully saturated rings. The Morgan fingerprint density at radius 1 is 1.09 bits per heavy atom. The van der Waals surface area contributed by atoms with Crippen LogP contribution in [0, 0.1) is 6.92 Å². The number of morpholine rings is 1. The lowest BCUT2D eigenvalue weighted by molar-refractivity contribution is 0.0342. The van der Waals surface area contributed by atoms with Crippen molar-refractivity contribution in [3.05, 3.63) is 95.4 Å². The molecular weight excluding hydrogens is 428 g/mol. The van der Waals surface area contributed by atoms with Crippen molar-refractivity contribution < 1.29 is 14.3 Å². The Balaban J connectivity index is 1.26. The highest BCUT2D eigenvalue weighted by Crippen LogP contribution is 2.22. The molecule has 0 radical (unpaired) electrons. The van der Waals surface area contributed by atoms with Crippen LogP contribution in [0.3, 0.4) is 0 Å². The highest BCUT2D eigenvalue weighted by molar-refractivity contribution is 6.06. The van der Waals surface area contributed by atoms with Gasteiger partial charge in [-0.3, -0.25) is 9.69 Å². The Morgan fingerprint density at radius 3 is 2.79 bits per heavy atom. The first-order valence-electron chi connectivity index (χ1n) is 11.5. The Morgan fingerprint density at radius 2 is 1.94 bits per heavy atom. The summed E-state index contributed by atoms with van der Waals surface area (Å²) >= 11 is 0. The molecule has 0 atom stereocenters. The zero-order valence-corrected chi connectivity index (χ0v) is 19.2. The van der Waals surface area contributed by atoms with E-state index in [1.165, 1.54) is 0 Å². The van der Waals surface area contributed by atoms with E-state index < -0.39 is 0 Å². The first-order chi connectivity index (χ1) is 16.7. The zero-order chi connectivity index (χ0) is 23.3. The third kappa shape index (κ3) is 5.11. The minimum Gasteiger partial charge on any atom is -0.486 e. The van der Waals surface area contributed by atoms with Gasteiger partial charge < -0.3 is 19.2 Å². The average Bonchev–Trinajstić information content (AvgIpc) is 3.28. The average molecular weight is 457 g/mol. The van der Waals surface area contributed by atoms with Gasteiger partial charge in [0.25, 0.3) is 5.91 Å². The number of rotatable bonds is 7. The summed E-state index contributed by atoms with van der Waals surface area (Å²) in [5.74, 6) is 0.322. The summed E-state index contributed by atoms with van der Waals surface area (Å²) in [5.41, 5.74) is 5.22. The predicted molar refractivity (Wildman–Crippen MR) is 131 cm³/mol. The lowest BCUT2D eigenvalue weighted by Gasteiger charge is -2.26. The number of nitrogens with zero attached hydrogens (tertiary/aromatic N) is 3. The second kappa shape index (κ2) is 10.1. The summed E-state index contributed by atoms with van der Waals surface area (Å²) in [6, 6.07) is 19.3. The van der Waals surface area contributed by atoms with Gasteiger partial charge in [0.1, 0.15) is 18.0 Å². The third-order valence-electron chi connectivity index (χ3n) is 5.93. The minimum atomic E-state index is -0.204. The molecule has 174 valence electrons. The molecule has 0 spiro atoms. The topological polar surface area (TPSA) is 68.1 Å². The largest absolute Gasteiger partial charge is 0.486 e. The fraction of sp³-hybridized carbons (Fsp3) is 0.259. The van der Waals surface area contributed by atoms with Crippen molar-refractivity contribution in [2.24, 2.45) is 0 Å². The van der Waals surface area contributed by atoms with Crippen LogP contribution in [-0.2, 0) is 17.9 Å². The number of carbonyl (C=O) groups is 1. The summed E-state index contributed by atoms with van der Waals surface area (Å²) in [7, 11) is 0. The number of imidazole rings is 1. The molecule has 4 aromatic rings. The number of nitrogens with one attached hydrogen (secondary N) is 1. The fourth-order valence-electron chi connectivity index (χ4n) is 4.17. The number of aryl methyl sites for hydroxylation is 1. The number of benzene rings is 2. The van der Waals surface area contributed by atoms with Crippen molar-refractivity contribution in [2.75, 3.05) is 31.6 Å². The van der Waals surface area contributed by atoms with Crippen molar-refractivity contribution in [1.29, 1.82) is 0 Å². The zero-order valence-electron chi connectivity index (χ0n) is 19.2. The van der Waals surface area contributed by atoms with Crippen LogP contribution in [0.25, 0.3) is 5.65 Å². The van der Waals surface area contributed by atoms with Gasteiger partial charge in [-0.05, 0) is 48.4 Å². The molecule has 7 heteroatoms. The number of para-hydroxylation sites is 1. The van der Waals surface area contributed by atoms with Crippen molar-refractivity contribution in [1.82, 2.24) is 14.3 Å². The fourth-order valence-corrected chi connectivity index (χ4v) is 4.17. The van der Waals surface area contributed by atoms with E-state index in [9.17, 15) is 4.79 Å². The molecule has 3 heterocycles.